The van der Waals surface area contributed by atoms with Crippen molar-refractivity contribution < 1.29 is 19.4 Å². The van der Waals surface area contributed by atoms with E-state index in [4.69, 9.17) is 14.6 Å². The van der Waals surface area contributed by atoms with Gasteiger partial charge in [0.2, 0.25) is 0 Å². The molecule has 0 aliphatic heterocycles. The van der Waals surface area contributed by atoms with Crippen molar-refractivity contribution >= 4 is 21.9 Å². The van der Waals surface area contributed by atoms with Crippen LogP contribution >= 0.6 is 15.9 Å². The van der Waals surface area contributed by atoms with Crippen molar-refractivity contribution in [1.29, 1.82) is 0 Å². The van der Waals surface area contributed by atoms with Gasteiger partial charge >= 0.3 is 5.97 Å². The molecule has 0 aliphatic carbocycles. The molecular weight excluding hydrogens is 348 g/mol. The van der Waals surface area contributed by atoms with E-state index in [-0.39, 0.29) is 12.6 Å². The molecule has 0 fully saturated rings. The number of rotatable bonds is 11. The normalized spacial score (nSPS) is 10.5. The van der Waals surface area contributed by atoms with Crippen LogP contribution in [-0.2, 0) is 4.74 Å². The number of aliphatic hydroxyl groups excluding tert-OH is 1. The van der Waals surface area contributed by atoms with Crippen LogP contribution in [0.2, 0.25) is 0 Å². The molecule has 1 N–H and O–H groups in total. The lowest BCUT2D eigenvalue weighted by Crippen LogP contribution is -2.05. The molecule has 1 aromatic rings. The zero-order chi connectivity index (χ0) is 16.2. The van der Waals surface area contributed by atoms with Gasteiger partial charge in [0.25, 0.3) is 0 Å². The van der Waals surface area contributed by atoms with Crippen LogP contribution in [0.5, 0.6) is 5.75 Å². The van der Waals surface area contributed by atoms with Crippen molar-refractivity contribution in [2.24, 2.45) is 0 Å². The molecule has 0 bridgehead atoms. The second-order valence-corrected chi connectivity index (χ2v) is 5.91. The maximum atomic E-state index is 11.7. The average Bonchev–Trinajstić information content (AvgIpc) is 2.51. The third kappa shape index (κ3) is 7.27. The lowest BCUT2D eigenvalue weighted by molar-refractivity contribution is 0.0526. The minimum Gasteiger partial charge on any atom is -0.492 e. The molecular formula is C17H25BrO4. The van der Waals surface area contributed by atoms with E-state index in [9.17, 15) is 4.79 Å². The Morgan fingerprint density at radius 3 is 2.50 bits per heavy atom. The van der Waals surface area contributed by atoms with Gasteiger partial charge in [0, 0.05) is 6.61 Å². The van der Waals surface area contributed by atoms with E-state index in [0.29, 0.717) is 24.5 Å². The largest absolute Gasteiger partial charge is 0.492 e. The Hall–Kier alpha value is -1.07. The van der Waals surface area contributed by atoms with Crippen molar-refractivity contribution in [3.63, 3.8) is 0 Å². The summed E-state index contributed by atoms with van der Waals surface area (Å²) in [5.41, 5.74) is 0.504. The highest BCUT2D eigenvalue weighted by molar-refractivity contribution is 9.10. The first-order valence-electron chi connectivity index (χ1n) is 7.89. The average molecular weight is 373 g/mol. The molecule has 0 amide bonds. The van der Waals surface area contributed by atoms with Crippen molar-refractivity contribution in [2.45, 2.75) is 45.4 Å². The standard InChI is InChI=1S/C17H25BrO4/c1-2-21-17(20)14-9-10-15(18)16(13-14)22-12-8-6-4-3-5-7-11-19/h9-10,13,19H,2-8,11-12H2,1H3. The Morgan fingerprint density at radius 2 is 1.82 bits per heavy atom. The monoisotopic (exact) mass is 372 g/mol. The number of esters is 1. The first-order chi connectivity index (χ1) is 10.7. The molecule has 0 aliphatic rings. The van der Waals surface area contributed by atoms with Crippen molar-refractivity contribution in [3.8, 4) is 5.75 Å². The summed E-state index contributed by atoms with van der Waals surface area (Å²) < 4.78 is 11.6. The van der Waals surface area contributed by atoms with Crippen LogP contribution < -0.4 is 4.74 Å². The summed E-state index contributed by atoms with van der Waals surface area (Å²) in [4.78, 5) is 11.7. The SMILES string of the molecule is CCOC(=O)c1ccc(Br)c(OCCCCCCCCO)c1. The Labute approximate surface area is 140 Å². The second-order valence-electron chi connectivity index (χ2n) is 5.06. The highest BCUT2D eigenvalue weighted by Crippen LogP contribution is 2.26. The predicted molar refractivity (Wildman–Crippen MR) is 90.4 cm³/mol. The summed E-state index contributed by atoms with van der Waals surface area (Å²) in [6.45, 7) is 3.06. The quantitative estimate of drug-likeness (QED) is 0.463. The van der Waals surface area contributed by atoms with Gasteiger partial charge in [0.05, 0.1) is 23.2 Å². The molecule has 0 radical (unpaired) electrons. The molecule has 4 nitrogen and oxygen atoms in total. The number of halogens is 1. The van der Waals surface area contributed by atoms with Crippen LogP contribution in [0.25, 0.3) is 0 Å². The molecule has 22 heavy (non-hydrogen) atoms. The van der Waals surface area contributed by atoms with E-state index >= 15 is 0 Å². The summed E-state index contributed by atoms with van der Waals surface area (Å²) in [7, 11) is 0. The van der Waals surface area contributed by atoms with Gasteiger partial charge in [-0.1, -0.05) is 25.7 Å². The lowest BCUT2D eigenvalue weighted by Gasteiger charge is -2.10. The van der Waals surface area contributed by atoms with Crippen LogP contribution in [0.1, 0.15) is 55.8 Å². The van der Waals surface area contributed by atoms with E-state index in [0.717, 1.165) is 43.0 Å². The summed E-state index contributed by atoms with van der Waals surface area (Å²) in [6, 6.07) is 5.23. The van der Waals surface area contributed by atoms with Gasteiger partial charge in [-0.3, -0.25) is 0 Å². The van der Waals surface area contributed by atoms with E-state index in [1.165, 1.54) is 0 Å². The number of aliphatic hydroxyl groups is 1. The molecule has 0 saturated carbocycles. The fraction of sp³-hybridized carbons (Fsp3) is 0.588. The molecule has 0 heterocycles. The molecule has 0 unspecified atom stereocenters. The van der Waals surface area contributed by atoms with E-state index < -0.39 is 0 Å². The van der Waals surface area contributed by atoms with Gasteiger partial charge in [-0.25, -0.2) is 4.79 Å². The van der Waals surface area contributed by atoms with E-state index in [2.05, 4.69) is 15.9 Å². The number of ether oxygens (including phenoxy) is 2. The Morgan fingerprint density at radius 1 is 1.14 bits per heavy atom. The van der Waals surface area contributed by atoms with Gasteiger partial charge in [0.15, 0.2) is 0 Å². The smallest absolute Gasteiger partial charge is 0.338 e. The molecule has 0 atom stereocenters. The summed E-state index contributed by atoms with van der Waals surface area (Å²) in [5, 5.41) is 8.70. The van der Waals surface area contributed by atoms with Crippen LogP contribution in [0, 0.1) is 0 Å². The van der Waals surface area contributed by atoms with Gasteiger partial charge in [-0.2, -0.15) is 0 Å². The Kier molecular flexibility index (Phi) is 9.91. The van der Waals surface area contributed by atoms with E-state index in [1.54, 1.807) is 25.1 Å². The van der Waals surface area contributed by atoms with Gasteiger partial charge in [0.1, 0.15) is 5.75 Å². The van der Waals surface area contributed by atoms with Crippen LogP contribution in [0.15, 0.2) is 22.7 Å². The zero-order valence-electron chi connectivity index (χ0n) is 13.1. The third-order valence-electron chi connectivity index (χ3n) is 3.25. The summed E-state index contributed by atoms with van der Waals surface area (Å²) in [6.07, 6.45) is 6.39. The third-order valence-corrected chi connectivity index (χ3v) is 3.91. The molecule has 1 rings (SSSR count). The predicted octanol–water partition coefficient (Wildman–Crippen LogP) is 4.34. The maximum Gasteiger partial charge on any atom is 0.338 e. The first-order valence-corrected chi connectivity index (χ1v) is 8.68. The minimum absolute atomic E-state index is 0.286. The number of carbonyl (C=O) groups excluding carboxylic acids is 1. The summed E-state index contributed by atoms with van der Waals surface area (Å²) >= 11 is 3.43. The number of hydrogen-bond donors (Lipinski definition) is 1. The Balaban J connectivity index is 2.32. The van der Waals surface area contributed by atoms with Crippen LogP contribution in [0.3, 0.4) is 0 Å². The van der Waals surface area contributed by atoms with Crippen LogP contribution in [-0.4, -0.2) is 30.9 Å². The topological polar surface area (TPSA) is 55.8 Å². The lowest BCUT2D eigenvalue weighted by atomic mass is 10.1. The first kappa shape index (κ1) is 19.0. The number of carbonyl (C=O) groups is 1. The minimum atomic E-state index is -0.330. The van der Waals surface area contributed by atoms with Gasteiger partial charge in [-0.05, 0) is 53.9 Å². The number of hydrogen-bond acceptors (Lipinski definition) is 4. The van der Waals surface area contributed by atoms with Gasteiger partial charge in [-0.15, -0.1) is 0 Å². The van der Waals surface area contributed by atoms with Gasteiger partial charge < -0.3 is 14.6 Å². The van der Waals surface area contributed by atoms with E-state index in [1.807, 2.05) is 0 Å². The molecule has 0 aromatic heterocycles. The number of unbranched alkanes of at least 4 members (excludes halogenated alkanes) is 5. The highest BCUT2D eigenvalue weighted by atomic mass is 79.9. The van der Waals surface area contributed by atoms with Crippen molar-refractivity contribution in [3.05, 3.63) is 28.2 Å². The fourth-order valence-corrected chi connectivity index (χ4v) is 2.42. The second kappa shape index (κ2) is 11.5. The zero-order valence-corrected chi connectivity index (χ0v) is 14.7. The molecule has 0 saturated heterocycles. The molecule has 0 spiro atoms. The summed E-state index contributed by atoms with van der Waals surface area (Å²) in [5.74, 6) is 0.342. The molecule has 1 aromatic carbocycles. The molecule has 5 heteroatoms. The van der Waals surface area contributed by atoms with Crippen molar-refractivity contribution in [1.82, 2.24) is 0 Å². The van der Waals surface area contributed by atoms with Crippen molar-refractivity contribution in [2.75, 3.05) is 19.8 Å². The molecule has 124 valence electrons. The number of benzene rings is 1. The fourth-order valence-electron chi connectivity index (χ4n) is 2.06. The highest BCUT2D eigenvalue weighted by Gasteiger charge is 2.10. The van der Waals surface area contributed by atoms with Crippen LogP contribution in [0.4, 0.5) is 0 Å². The maximum absolute atomic E-state index is 11.7. The Bertz CT molecular complexity index is 448.